The normalized spacial score (nSPS) is 16.6. The van der Waals surface area contributed by atoms with Crippen LogP contribution in [0, 0.1) is 29.6 Å². The second-order valence-corrected chi connectivity index (χ2v) is 5.20. The van der Waals surface area contributed by atoms with Crippen molar-refractivity contribution in [3.63, 3.8) is 0 Å². The van der Waals surface area contributed by atoms with Crippen LogP contribution in [0.3, 0.4) is 0 Å². The average molecular weight is 230 g/mol. The molecule has 0 amide bonds. The second kappa shape index (κ2) is 4.33. The number of rotatable bonds is 4. The van der Waals surface area contributed by atoms with Crippen molar-refractivity contribution in [3.05, 3.63) is 17.5 Å². The number of nitrogens with one attached hydrogen (secondary N) is 1. The molecule has 2 rings (SSSR count). The van der Waals surface area contributed by atoms with Crippen LogP contribution in [0.4, 0.5) is 5.95 Å². The molecule has 1 N–H and O–H groups in total. The first kappa shape index (κ1) is 11.8. The van der Waals surface area contributed by atoms with Gasteiger partial charge in [0.25, 0.3) is 0 Å². The van der Waals surface area contributed by atoms with Crippen LogP contribution in [0.25, 0.3) is 0 Å². The van der Waals surface area contributed by atoms with Crippen LogP contribution in [0.2, 0.25) is 0 Å². The Balaban J connectivity index is 2.05. The van der Waals surface area contributed by atoms with E-state index >= 15 is 0 Å². The summed E-state index contributed by atoms with van der Waals surface area (Å²) < 4.78 is 0. The van der Waals surface area contributed by atoms with Crippen molar-refractivity contribution in [1.82, 2.24) is 9.97 Å². The van der Waals surface area contributed by atoms with Crippen LogP contribution in [0.15, 0.2) is 6.07 Å². The molecule has 1 aliphatic carbocycles. The van der Waals surface area contributed by atoms with Crippen molar-refractivity contribution in [2.24, 2.45) is 11.3 Å². The summed E-state index contributed by atoms with van der Waals surface area (Å²) >= 11 is 0. The summed E-state index contributed by atoms with van der Waals surface area (Å²) in [6.45, 7) is 7.29. The van der Waals surface area contributed by atoms with Crippen LogP contribution in [0.1, 0.15) is 38.1 Å². The summed E-state index contributed by atoms with van der Waals surface area (Å²) in [6, 6.07) is 3.75. The summed E-state index contributed by atoms with van der Waals surface area (Å²) in [6.07, 6.45) is 2.54. The summed E-state index contributed by atoms with van der Waals surface area (Å²) in [4.78, 5) is 8.46. The first-order valence-electron chi connectivity index (χ1n) is 6.05. The minimum absolute atomic E-state index is 0.417. The van der Waals surface area contributed by atoms with Gasteiger partial charge in [0, 0.05) is 12.2 Å². The van der Waals surface area contributed by atoms with E-state index in [4.69, 9.17) is 5.26 Å². The lowest BCUT2D eigenvalue weighted by Crippen LogP contribution is -2.22. The molecule has 1 saturated carbocycles. The molecule has 0 unspecified atom stereocenters. The van der Waals surface area contributed by atoms with Gasteiger partial charge in [-0.05, 0) is 37.2 Å². The molecule has 90 valence electrons. The number of aromatic nitrogens is 2. The third kappa shape index (κ3) is 2.55. The van der Waals surface area contributed by atoms with Gasteiger partial charge in [0.15, 0.2) is 0 Å². The largest absolute Gasteiger partial charge is 0.354 e. The maximum Gasteiger partial charge on any atom is 0.224 e. The van der Waals surface area contributed by atoms with Crippen molar-refractivity contribution >= 4 is 5.95 Å². The molecule has 1 heterocycles. The zero-order chi connectivity index (χ0) is 12.5. The molecular formula is C13H18N4. The maximum atomic E-state index is 8.85. The topological polar surface area (TPSA) is 61.6 Å². The Morgan fingerprint density at radius 1 is 1.47 bits per heavy atom. The molecule has 0 radical (unpaired) electrons. The fourth-order valence-corrected chi connectivity index (χ4v) is 2.08. The van der Waals surface area contributed by atoms with Gasteiger partial charge in [0.05, 0.1) is 0 Å². The molecule has 1 aliphatic rings. The lowest BCUT2D eigenvalue weighted by atomic mass is 9.92. The predicted octanol–water partition coefficient (Wildman–Crippen LogP) is 2.50. The average Bonchev–Trinajstić information content (AvgIpc) is 3.06. The van der Waals surface area contributed by atoms with Gasteiger partial charge >= 0.3 is 0 Å². The van der Waals surface area contributed by atoms with Gasteiger partial charge < -0.3 is 5.32 Å². The molecular weight excluding hydrogens is 212 g/mol. The number of hydrogen-bond donors (Lipinski definition) is 1. The van der Waals surface area contributed by atoms with E-state index < -0.39 is 0 Å². The summed E-state index contributed by atoms with van der Waals surface area (Å²) in [5.74, 6) is 1.25. The molecule has 4 nitrogen and oxygen atoms in total. The van der Waals surface area contributed by atoms with E-state index in [0.717, 1.165) is 12.2 Å². The molecule has 4 heteroatoms. The van der Waals surface area contributed by atoms with Crippen LogP contribution in [0.5, 0.6) is 0 Å². The lowest BCUT2D eigenvalue weighted by Gasteiger charge is -2.20. The minimum Gasteiger partial charge on any atom is -0.354 e. The first-order valence-corrected chi connectivity index (χ1v) is 6.05. The number of aryl methyl sites for hydroxylation is 1. The molecule has 0 aromatic carbocycles. The number of hydrogen-bond acceptors (Lipinski definition) is 4. The SMILES string of the molecule is Cc1cc(C#N)nc(NCC2(C(C)C)CC2)n1. The predicted molar refractivity (Wildman–Crippen MR) is 66.5 cm³/mol. The number of nitriles is 1. The molecule has 0 saturated heterocycles. The minimum atomic E-state index is 0.417. The Hall–Kier alpha value is -1.63. The van der Waals surface area contributed by atoms with Crippen molar-refractivity contribution in [2.75, 3.05) is 11.9 Å². The fraction of sp³-hybridized carbons (Fsp3) is 0.615. The Kier molecular flexibility index (Phi) is 3.01. The lowest BCUT2D eigenvalue weighted by molar-refractivity contribution is 0.379. The van der Waals surface area contributed by atoms with E-state index in [0.29, 0.717) is 23.0 Å². The van der Waals surface area contributed by atoms with Gasteiger partial charge in [-0.2, -0.15) is 5.26 Å². The molecule has 0 aliphatic heterocycles. The maximum absolute atomic E-state index is 8.85. The zero-order valence-electron chi connectivity index (χ0n) is 10.6. The summed E-state index contributed by atoms with van der Waals surface area (Å²) in [5.41, 5.74) is 1.67. The summed E-state index contributed by atoms with van der Waals surface area (Å²) in [5, 5.41) is 12.1. The molecule has 0 spiro atoms. The second-order valence-electron chi connectivity index (χ2n) is 5.20. The van der Waals surface area contributed by atoms with Crippen LogP contribution >= 0.6 is 0 Å². The van der Waals surface area contributed by atoms with Crippen LogP contribution in [-0.2, 0) is 0 Å². The Labute approximate surface area is 102 Å². The smallest absolute Gasteiger partial charge is 0.224 e. The van der Waals surface area contributed by atoms with Crippen LogP contribution in [-0.4, -0.2) is 16.5 Å². The van der Waals surface area contributed by atoms with Crippen LogP contribution < -0.4 is 5.32 Å². The van der Waals surface area contributed by atoms with E-state index in [9.17, 15) is 0 Å². The quantitative estimate of drug-likeness (QED) is 0.863. The van der Waals surface area contributed by atoms with Crippen molar-refractivity contribution < 1.29 is 0 Å². The van der Waals surface area contributed by atoms with E-state index in [1.54, 1.807) is 6.07 Å². The first-order chi connectivity index (χ1) is 8.05. The van der Waals surface area contributed by atoms with Gasteiger partial charge in [0.2, 0.25) is 5.95 Å². The highest BCUT2D eigenvalue weighted by atomic mass is 15.1. The molecule has 17 heavy (non-hydrogen) atoms. The Bertz CT molecular complexity index is 455. The van der Waals surface area contributed by atoms with E-state index in [1.807, 2.05) is 6.92 Å². The highest BCUT2D eigenvalue weighted by molar-refractivity contribution is 5.33. The van der Waals surface area contributed by atoms with Crippen molar-refractivity contribution in [2.45, 2.75) is 33.6 Å². The highest BCUT2D eigenvalue weighted by Crippen LogP contribution is 2.51. The standard InChI is InChI=1S/C13H18N4/c1-9(2)13(4-5-13)8-15-12-16-10(3)6-11(7-14)17-12/h6,9H,4-5,8H2,1-3H3,(H,15,16,17). The molecule has 0 atom stereocenters. The molecule has 0 bridgehead atoms. The van der Waals surface area contributed by atoms with E-state index in [-0.39, 0.29) is 0 Å². The Morgan fingerprint density at radius 3 is 2.71 bits per heavy atom. The molecule has 1 aromatic heterocycles. The monoisotopic (exact) mass is 230 g/mol. The van der Waals surface area contributed by atoms with E-state index in [2.05, 4.69) is 35.2 Å². The molecule has 1 fully saturated rings. The van der Waals surface area contributed by atoms with Crippen molar-refractivity contribution in [1.29, 1.82) is 5.26 Å². The van der Waals surface area contributed by atoms with Gasteiger partial charge in [-0.25, -0.2) is 9.97 Å². The van der Waals surface area contributed by atoms with Gasteiger partial charge in [0.1, 0.15) is 11.8 Å². The van der Waals surface area contributed by atoms with E-state index in [1.165, 1.54) is 12.8 Å². The number of anilines is 1. The fourth-order valence-electron chi connectivity index (χ4n) is 2.08. The highest BCUT2D eigenvalue weighted by Gasteiger charge is 2.45. The summed E-state index contributed by atoms with van der Waals surface area (Å²) in [7, 11) is 0. The third-order valence-electron chi connectivity index (χ3n) is 3.68. The Morgan fingerprint density at radius 2 is 2.18 bits per heavy atom. The zero-order valence-corrected chi connectivity index (χ0v) is 10.6. The van der Waals surface area contributed by atoms with Gasteiger partial charge in [-0.1, -0.05) is 13.8 Å². The number of nitrogens with zero attached hydrogens (tertiary/aromatic N) is 3. The van der Waals surface area contributed by atoms with Gasteiger partial charge in [-0.3, -0.25) is 0 Å². The van der Waals surface area contributed by atoms with Crippen molar-refractivity contribution in [3.8, 4) is 6.07 Å². The van der Waals surface area contributed by atoms with Gasteiger partial charge in [-0.15, -0.1) is 0 Å². The third-order valence-corrected chi connectivity index (χ3v) is 3.68. The molecule has 1 aromatic rings.